The van der Waals surface area contributed by atoms with Gasteiger partial charge >= 0.3 is 0 Å². The van der Waals surface area contributed by atoms with E-state index in [-0.39, 0.29) is 0 Å². The van der Waals surface area contributed by atoms with Crippen molar-refractivity contribution in [3.05, 3.63) is 17.9 Å². The summed E-state index contributed by atoms with van der Waals surface area (Å²) in [5.74, 6) is 0. The summed E-state index contributed by atoms with van der Waals surface area (Å²) in [7, 11) is 0. The summed E-state index contributed by atoms with van der Waals surface area (Å²) in [6.45, 7) is 4.93. The summed E-state index contributed by atoms with van der Waals surface area (Å²) in [4.78, 5) is -2.26. The Morgan fingerprint density at radius 3 is 2.22 bits per heavy atom. The van der Waals surface area contributed by atoms with E-state index in [0.717, 1.165) is 0 Å². The second kappa shape index (κ2) is 2.93. The summed E-state index contributed by atoms with van der Waals surface area (Å²) in [5, 5.41) is 26.9. The second-order valence-corrected chi connectivity index (χ2v) is 1.80. The summed E-state index contributed by atoms with van der Waals surface area (Å²) >= 11 is 0. The Bertz CT molecular complexity index is 96.9. The molecule has 0 rings (SSSR count). The smallest absolute Gasteiger partial charge is 0.169 e. The molecule has 9 heavy (non-hydrogen) atoms. The highest BCUT2D eigenvalue weighted by atomic mass is 17.1. The molecule has 0 saturated carbocycles. The molecule has 0 radical (unpaired) electrons. The molecule has 4 nitrogen and oxygen atoms in total. The minimum Gasteiger partial charge on any atom is -0.564 e. The van der Waals surface area contributed by atoms with E-state index >= 15 is 0 Å². The van der Waals surface area contributed by atoms with E-state index in [4.69, 9.17) is 10.4 Å². The zero-order valence-corrected chi connectivity index (χ0v) is 5.32. The standard InChI is InChI=1S/C5H11NO3/c1-3-5(4-2)6(7,8)9/h3,5,7-8H,1,4H2,2H3. The van der Waals surface area contributed by atoms with Crippen LogP contribution < -0.4 is 0 Å². The number of hydrogen-bond acceptors (Lipinski definition) is 3. The molecular weight excluding hydrogens is 122 g/mol. The maximum atomic E-state index is 10.2. The van der Waals surface area contributed by atoms with Gasteiger partial charge in [0.2, 0.25) is 0 Å². The van der Waals surface area contributed by atoms with Crippen molar-refractivity contribution in [2.24, 2.45) is 0 Å². The number of rotatable bonds is 3. The molecule has 0 heterocycles. The van der Waals surface area contributed by atoms with Gasteiger partial charge in [0.05, 0.1) is 0 Å². The van der Waals surface area contributed by atoms with Crippen LogP contribution in [-0.4, -0.2) is 21.4 Å². The van der Waals surface area contributed by atoms with Crippen LogP contribution in [-0.2, 0) is 0 Å². The first-order chi connectivity index (χ1) is 4.02. The lowest BCUT2D eigenvalue weighted by Gasteiger charge is -2.29. The largest absolute Gasteiger partial charge is 0.564 e. The molecule has 4 heteroatoms. The van der Waals surface area contributed by atoms with Gasteiger partial charge < -0.3 is 5.21 Å². The summed E-state index contributed by atoms with van der Waals surface area (Å²) in [6, 6.07) is -0.843. The highest BCUT2D eigenvalue weighted by molar-refractivity contribution is 4.77. The monoisotopic (exact) mass is 133 g/mol. The third kappa shape index (κ3) is 2.57. The lowest BCUT2D eigenvalue weighted by Crippen LogP contribution is -2.42. The normalized spacial score (nSPS) is 15.1. The molecule has 0 amide bonds. The molecule has 0 aliphatic rings. The van der Waals surface area contributed by atoms with Crippen molar-refractivity contribution in [1.29, 1.82) is 0 Å². The molecule has 0 saturated heterocycles. The van der Waals surface area contributed by atoms with Crippen LogP contribution in [0, 0.1) is 5.21 Å². The SMILES string of the molecule is C=CC(CC)[N+]([O-])(O)O. The quantitative estimate of drug-likeness (QED) is 0.343. The van der Waals surface area contributed by atoms with Crippen LogP contribution in [0.4, 0.5) is 0 Å². The number of nitrogens with zero attached hydrogens (tertiary/aromatic N) is 1. The minimum absolute atomic E-state index is 0.361. The Kier molecular flexibility index (Phi) is 2.80. The van der Waals surface area contributed by atoms with E-state index in [2.05, 4.69) is 6.58 Å². The van der Waals surface area contributed by atoms with Crippen LogP contribution in [0.2, 0.25) is 0 Å². The van der Waals surface area contributed by atoms with Gasteiger partial charge in [-0.1, -0.05) is 18.5 Å². The van der Waals surface area contributed by atoms with E-state index < -0.39 is 11.0 Å². The molecule has 0 aliphatic heterocycles. The second-order valence-electron chi connectivity index (χ2n) is 1.80. The van der Waals surface area contributed by atoms with E-state index in [9.17, 15) is 5.21 Å². The van der Waals surface area contributed by atoms with Crippen LogP contribution >= 0.6 is 0 Å². The lowest BCUT2D eigenvalue weighted by atomic mass is 10.2. The Morgan fingerprint density at radius 2 is 2.22 bits per heavy atom. The molecule has 2 N–H and O–H groups in total. The average Bonchev–Trinajstić information content (AvgIpc) is 1.65. The molecule has 54 valence electrons. The molecule has 0 aromatic rings. The van der Waals surface area contributed by atoms with Crippen molar-refractivity contribution < 1.29 is 15.4 Å². The van der Waals surface area contributed by atoms with Crippen LogP contribution in [0.1, 0.15) is 13.3 Å². The van der Waals surface area contributed by atoms with Crippen molar-refractivity contribution in [2.45, 2.75) is 19.4 Å². The van der Waals surface area contributed by atoms with Gasteiger partial charge in [-0.2, -0.15) is 10.4 Å². The van der Waals surface area contributed by atoms with Crippen molar-refractivity contribution in [2.75, 3.05) is 0 Å². The molecule has 0 spiro atoms. The van der Waals surface area contributed by atoms with Gasteiger partial charge in [0.25, 0.3) is 0 Å². The third-order valence-electron chi connectivity index (χ3n) is 1.12. The van der Waals surface area contributed by atoms with Crippen LogP contribution in [0.25, 0.3) is 0 Å². The van der Waals surface area contributed by atoms with Crippen molar-refractivity contribution in [3.8, 4) is 0 Å². The zero-order chi connectivity index (χ0) is 7.49. The van der Waals surface area contributed by atoms with Crippen molar-refractivity contribution >= 4 is 0 Å². The molecular formula is C5H11NO3. The van der Waals surface area contributed by atoms with E-state index in [0.29, 0.717) is 6.42 Å². The number of hydroxylamine groups is 3. The number of hydrogen-bond donors (Lipinski definition) is 2. The van der Waals surface area contributed by atoms with Gasteiger partial charge in [0, 0.05) is 6.42 Å². The molecule has 0 fully saturated rings. The minimum atomic E-state index is -2.26. The Labute approximate surface area is 53.7 Å². The maximum absolute atomic E-state index is 10.2. The Hall–Kier alpha value is -0.420. The molecule has 0 aliphatic carbocycles. The van der Waals surface area contributed by atoms with Gasteiger partial charge in [0.15, 0.2) is 6.04 Å². The first kappa shape index (κ1) is 8.58. The molecule has 0 aromatic heterocycles. The lowest BCUT2D eigenvalue weighted by molar-refractivity contribution is -1.22. The zero-order valence-electron chi connectivity index (χ0n) is 5.32. The fraction of sp³-hybridized carbons (Fsp3) is 0.600. The first-order valence-corrected chi connectivity index (χ1v) is 2.70. The van der Waals surface area contributed by atoms with Gasteiger partial charge in [-0.15, -0.1) is 0 Å². The van der Waals surface area contributed by atoms with Crippen molar-refractivity contribution in [1.82, 2.24) is 0 Å². The Morgan fingerprint density at radius 1 is 1.78 bits per heavy atom. The molecule has 1 atom stereocenters. The van der Waals surface area contributed by atoms with Crippen LogP contribution in [0.5, 0.6) is 0 Å². The highest BCUT2D eigenvalue weighted by Crippen LogP contribution is 2.07. The fourth-order valence-electron chi connectivity index (χ4n) is 0.542. The Balaban J connectivity index is 3.94. The van der Waals surface area contributed by atoms with Gasteiger partial charge in [0.1, 0.15) is 0 Å². The summed E-state index contributed by atoms with van der Waals surface area (Å²) < 4.78 is 0. The van der Waals surface area contributed by atoms with Gasteiger partial charge in [-0.05, 0) is 6.08 Å². The highest BCUT2D eigenvalue weighted by Gasteiger charge is 2.20. The van der Waals surface area contributed by atoms with Gasteiger partial charge in [-0.25, -0.2) is 0 Å². The van der Waals surface area contributed by atoms with Crippen LogP contribution in [0.15, 0.2) is 12.7 Å². The summed E-state index contributed by atoms with van der Waals surface area (Å²) in [6.07, 6.45) is 1.58. The molecule has 0 aromatic carbocycles. The third-order valence-corrected chi connectivity index (χ3v) is 1.12. The van der Waals surface area contributed by atoms with Gasteiger partial charge in [-0.3, -0.25) is 0 Å². The number of quaternary nitrogens is 1. The first-order valence-electron chi connectivity index (χ1n) is 2.70. The van der Waals surface area contributed by atoms with E-state index in [1.54, 1.807) is 6.92 Å². The van der Waals surface area contributed by atoms with E-state index in [1.807, 2.05) is 0 Å². The van der Waals surface area contributed by atoms with Crippen molar-refractivity contribution in [3.63, 3.8) is 0 Å². The fourth-order valence-corrected chi connectivity index (χ4v) is 0.542. The predicted molar refractivity (Wildman–Crippen MR) is 31.5 cm³/mol. The summed E-state index contributed by atoms with van der Waals surface area (Å²) in [5.41, 5.74) is 0. The average molecular weight is 133 g/mol. The molecule has 0 bridgehead atoms. The topological polar surface area (TPSA) is 63.5 Å². The van der Waals surface area contributed by atoms with E-state index in [1.165, 1.54) is 6.08 Å². The molecule has 1 unspecified atom stereocenters. The predicted octanol–water partition coefficient (Wildman–Crippen LogP) is 1.04. The maximum Gasteiger partial charge on any atom is 0.169 e. The van der Waals surface area contributed by atoms with Crippen LogP contribution in [0.3, 0.4) is 0 Å².